The van der Waals surface area contributed by atoms with Crippen molar-refractivity contribution in [3.05, 3.63) is 89.3 Å². The molecule has 0 radical (unpaired) electrons. The lowest BCUT2D eigenvalue weighted by Crippen LogP contribution is -2.26. The zero-order valence-corrected chi connectivity index (χ0v) is 23.9. The molecule has 40 heavy (non-hydrogen) atoms. The number of nitrogens with zero attached hydrogens (tertiary/aromatic N) is 4. The average Bonchev–Trinajstić information content (AvgIpc) is 3.45. The normalized spacial score (nSPS) is 12.8. The second-order valence-corrected chi connectivity index (χ2v) is 9.55. The molecule has 0 aliphatic carbocycles. The van der Waals surface area contributed by atoms with Crippen LogP contribution in [0.1, 0.15) is 63.1 Å². The Labute approximate surface area is 235 Å². The molecule has 1 amide bonds. The van der Waals surface area contributed by atoms with Crippen molar-refractivity contribution in [3.8, 4) is 6.01 Å². The molecule has 5 N–H and O–H groups in total. The number of aromatic amines is 1. The van der Waals surface area contributed by atoms with Crippen LogP contribution < -0.4 is 16.2 Å². The van der Waals surface area contributed by atoms with Crippen molar-refractivity contribution in [2.24, 2.45) is 17.4 Å². The quantitative estimate of drug-likeness (QED) is 0.228. The maximum Gasteiger partial charge on any atom is 0.316 e. The number of unbranched alkanes of at least 4 members (excludes halogenated alkanes) is 1. The van der Waals surface area contributed by atoms with Crippen LogP contribution in [0, 0.1) is 12.8 Å². The van der Waals surface area contributed by atoms with Crippen LogP contribution >= 0.6 is 0 Å². The lowest BCUT2D eigenvalue weighted by Gasteiger charge is -2.17. The van der Waals surface area contributed by atoms with Crippen LogP contribution in [0.4, 0.5) is 0 Å². The van der Waals surface area contributed by atoms with E-state index in [1.54, 1.807) is 31.6 Å². The Morgan fingerprint density at radius 3 is 2.52 bits per heavy atom. The first-order chi connectivity index (χ1) is 19.3. The van der Waals surface area contributed by atoms with Crippen molar-refractivity contribution in [2.45, 2.75) is 53.9 Å². The Kier molecular flexibility index (Phi) is 10.9. The summed E-state index contributed by atoms with van der Waals surface area (Å²) in [5, 5.41) is 8.07. The number of nitrogens with two attached hydrogens (primary N) is 2. The molecule has 0 spiro atoms. The van der Waals surface area contributed by atoms with Crippen molar-refractivity contribution in [3.63, 3.8) is 0 Å². The molecule has 1 aromatic carbocycles. The van der Waals surface area contributed by atoms with Gasteiger partial charge < -0.3 is 16.2 Å². The number of hydrogen-bond acceptors (Lipinski definition) is 7. The fourth-order valence-electron chi connectivity index (χ4n) is 3.88. The number of aryl methyl sites for hydroxylation is 1. The van der Waals surface area contributed by atoms with E-state index in [0.717, 1.165) is 33.3 Å². The standard InChI is InChI=1S/C27H29N7O2.C4H10/c1-16-7-8-23-21(15-32-34-23)24(16)20(25(28)18(3)26(29)35)14-17(2)22-9-12-31-27(33-22)36-13-10-19-6-4-5-11-30-19;1-3-4-2/h4-9,11-12,14-15,18H,10,13,28H2,1-3H3,(H2,29,35)(H,32,34);3-4H2,1-2H3/b17-14+,25-20-;. The molecule has 1 atom stereocenters. The monoisotopic (exact) mass is 541 g/mol. The SMILES string of the molecule is C/C(=C\C(=C(\N)C(C)C(N)=O)c1c(C)ccc2[nH]ncc12)c1ccnc(OCCc2ccccn2)n1.CCCC. The van der Waals surface area contributed by atoms with Gasteiger partial charge in [0.15, 0.2) is 0 Å². The highest BCUT2D eigenvalue weighted by atomic mass is 16.5. The minimum Gasteiger partial charge on any atom is -0.463 e. The number of carbonyl (C=O) groups excluding carboxylic acids is 1. The Bertz CT molecular complexity index is 1470. The van der Waals surface area contributed by atoms with Gasteiger partial charge in [0.05, 0.1) is 29.9 Å². The van der Waals surface area contributed by atoms with Gasteiger partial charge in [0.2, 0.25) is 5.91 Å². The van der Waals surface area contributed by atoms with E-state index in [2.05, 4.69) is 39.0 Å². The van der Waals surface area contributed by atoms with Crippen LogP contribution in [-0.4, -0.2) is 37.7 Å². The maximum atomic E-state index is 12.0. The molecule has 210 valence electrons. The van der Waals surface area contributed by atoms with Gasteiger partial charge >= 0.3 is 6.01 Å². The van der Waals surface area contributed by atoms with Crippen LogP contribution in [-0.2, 0) is 11.2 Å². The Hall–Kier alpha value is -4.53. The predicted molar refractivity (Wildman–Crippen MR) is 160 cm³/mol. The molecule has 3 heterocycles. The van der Waals surface area contributed by atoms with E-state index in [-0.39, 0.29) is 6.01 Å². The first-order valence-electron chi connectivity index (χ1n) is 13.5. The zero-order chi connectivity index (χ0) is 29.1. The fraction of sp³-hybridized carbons (Fsp3) is 0.323. The minimum absolute atomic E-state index is 0.272. The van der Waals surface area contributed by atoms with Crippen LogP contribution in [0.5, 0.6) is 6.01 Å². The zero-order valence-electron chi connectivity index (χ0n) is 23.9. The average molecular weight is 542 g/mol. The summed E-state index contributed by atoms with van der Waals surface area (Å²) in [6.07, 6.45) is 10.4. The van der Waals surface area contributed by atoms with Gasteiger partial charge in [-0.3, -0.25) is 14.9 Å². The Balaban J connectivity index is 0.00000103. The van der Waals surface area contributed by atoms with Gasteiger partial charge in [-0.2, -0.15) is 10.1 Å². The van der Waals surface area contributed by atoms with E-state index >= 15 is 0 Å². The third-order valence-corrected chi connectivity index (χ3v) is 6.52. The number of fused-ring (bicyclic) bond motifs is 1. The number of carbonyl (C=O) groups is 1. The minimum atomic E-state index is -0.665. The molecule has 1 unspecified atom stereocenters. The summed E-state index contributed by atoms with van der Waals surface area (Å²) in [4.78, 5) is 25.1. The third-order valence-electron chi connectivity index (χ3n) is 6.52. The van der Waals surface area contributed by atoms with Crippen LogP contribution in [0.2, 0.25) is 0 Å². The van der Waals surface area contributed by atoms with Gasteiger partial charge in [0, 0.05) is 41.2 Å². The molecule has 4 rings (SSSR count). The number of ether oxygens (including phenoxy) is 1. The number of nitrogens with one attached hydrogen (secondary N) is 1. The third kappa shape index (κ3) is 7.75. The largest absolute Gasteiger partial charge is 0.463 e. The van der Waals surface area contributed by atoms with Crippen molar-refractivity contribution in [1.82, 2.24) is 25.1 Å². The number of amides is 1. The van der Waals surface area contributed by atoms with E-state index in [9.17, 15) is 4.79 Å². The first-order valence-corrected chi connectivity index (χ1v) is 13.5. The van der Waals surface area contributed by atoms with Crippen molar-refractivity contribution in [2.75, 3.05) is 6.61 Å². The topological polar surface area (TPSA) is 146 Å². The van der Waals surface area contributed by atoms with E-state index < -0.39 is 11.8 Å². The van der Waals surface area contributed by atoms with Gasteiger partial charge in [-0.25, -0.2) is 4.98 Å². The molecule has 0 fully saturated rings. The fourth-order valence-corrected chi connectivity index (χ4v) is 3.88. The molecule has 0 bridgehead atoms. The number of allylic oxidation sites excluding steroid dienone is 3. The number of aromatic nitrogens is 5. The molecule has 0 saturated heterocycles. The summed E-state index contributed by atoms with van der Waals surface area (Å²) in [7, 11) is 0. The molecule has 0 aliphatic heterocycles. The number of hydrogen-bond donors (Lipinski definition) is 3. The second-order valence-electron chi connectivity index (χ2n) is 9.55. The van der Waals surface area contributed by atoms with Gasteiger partial charge in [0.1, 0.15) is 0 Å². The number of rotatable bonds is 10. The molecular weight excluding hydrogens is 502 g/mol. The van der Waals surface area contributed by atoms with Gasteiger partial charge in [-0.1, -0.05) is 38.8 Å². The number of H-pyrrole nitrogens is 1. The number of primary amides is 1. The predicted octanol–water partition coefficient (Wildman–Crippen LogP) is 5.38. The van der Waals surface area contributed by atoms with E-state index in [1.165, 1.54) is 12.8 Å². The lowest BCUT2D eigenvalue weighted by molar-refractivity contribution is -0.120. The molecule has 4 aromatic rings. The smallest absolute Gasteiger partial charge is 0.316 e. The highest BCUT2D eigenvalue weighted by Crippen LogP contribution is 2.33. The summed E-state index contributed by atoms with van der Waals surface area (Å²) < 4.78 is 5.77. The Morgan fingerprint density at radius 2 is 1.85 bits per heavy atom. The van der Waals surface area contributed by atoms with Gasteiger partial charge in [0.25, 0.3) is 0 Å². The van der Waals surface area contributed by atoms with E-state index in [1.807, 2.05) is 50.3 Å². The highest BCUT2D eigenvalue weighted by molar-refractivity contribution is 5.99. The summed E-state index contributed by atoms with van der Waals surface area (Å²) >= 11 is 0. The number of pyridine rings is 1. The van der Waals surface area contributed by atoms with Gasteiger partial charge in [-0.05, 0) is 67.8 Å². The van der Waals surface area contributed by atoms with Crippen molar-refractivity contribution < 1.29 is 9.53 Å². The van der Waals surface area contributed by atoms with Crippen LogP contribution in [0.3, 0.4) is 0 Å². The second kappa shape index (κ2) is 14.6. The van der Waals surface area contributed by atoms with Crippen molar-refractivity contribution in [1.29, 1.82) is 0 Å². The molecular formula is C31H39N7O2. The molecule has 3 aromatic heterocycles. The first kappa shape index (κ1) is 30.0. The summed E-state index contributed by atoms with van der Waals surface area (Å²) in [6, 6.07) is 11.8. The van der Waals surface area contributed by atoms with Crippen LogP contribution in [0.15, 0.2) is 66.8 Å². The van der Waals surface area contributed by atoms with Gasteiger partial charge in [-0.15, -0.1) is 0 Å². The molecule has 0 aliphatic rings. The van der Waals surface area contributed by atoms with E-state index in [0.29, 0.717) is 30.0 Å². The summed E-state index contributed by atoms with van der Waals surface area (Å²) in [5.74, 6) is -1.17. The molecule has 0 saturated carbocycles. The summed E-state index contributed by atoms with van der Waals surface area (Å²) in [6.45, 7) is 10.4. The Morgan fingerprint density at radius 1 is 1.07 bits per heavy atom. The maximum absolute atomic E-state index is 12.0. The van der Waals surface area contributed by atoms with Crippen LogP contribution in [0.25, 0.3) is 22.0 Å². The summed E-state index contributed by atoms with van der Waals surface area (Å²) in [5.41, 5.74) is 18.4. The lowest BCUT2D eigenvalue weighted by atomic mass is 9.90. The molecule has 9 heteroatoms. The highest BCUT2D eigenvalue weighted by Gasteiger charge is 2.20. The number of benzene rings is 1. The van der Waals surface area contributed by atoms with Crippen molar-refractivity contribution >= 4 is 28.0 Å². The van der Waals surface area contributed by atoms with E-state index in [4.69, 9.17) is 16.2 Å². The molecule has 9 nitrogen and oxygen atoms in total.